The molecular weight excluding hydrogens is 528 g/mol. The first kappa shape index (κ1) is 26.8. The van der Waals surface area contributed by atoms with Gasteiger partial charge in [-0.2, -0.15) is 15.0 Å². The van der Waals surface area contributed by atoms with Crippen molar-refractivity contribution >= 4 is 29.7 Å². The highest BCUT2D eigenvalue weighted by molar-refractivity contribution is 5.72. The van der Waals surface area contributed by atoms with Crippen molar-refractivity contribution in [3.05, 3.63) is 60.4 Å². The zero-order chi connectivity index (χ0) is 28.1. The molecule has 0 aliphatic carbocycles. The van der Waals surface area contributed by atoms with Crippen LogP contribution in [-0.2, 0) is 9.47 Å². The Morgan fingerprint density at radius 2 is 1.55 bits per heavy atom. The second-order valence-corrected chi connectivity index (χ2v) is 8.69. The van der Waals surface area contributed by atoms with E-state index in [1.807, 2.05) is 14.8 Å². The van der Waals surface area contributed by atoms with Gasteiger partial charge in [-0.15, -0.1) is 0 Å². The fraction of sp³-hybridized carbons (Fsp3) is 0.375. The van der Waals surface area contributed by atoms with Crippen molar-refractivity contribution in [2.45, 2.75) is 0 Å². The summed E-state index contributed by atoms with van der Waals surface area (Å²) in [6.07, 6.45) is 2.75. The molecule has 0 spiro atoms. The predicted molar refractivity (Wildman–Crippen MR) is 142 cm³/mol. The van der Waals surface area contributed by atoms with Crippen molar-refractivity contribution in [3.63, 3.8) is 0 Å². The molecule has 3 aromatic rings. The zero-order valence-electron chi connectivity index (χ0n) is 21.5. The Bertz CT molecular complexity index is 1490. The highest BCUT2D eigenvalue weighted by Gasteiger charge is 2.22. The fourth-order valence-electron chi connectivity index (χ4n) is 4.14. The Kier molecular flexibility index (Phi) is 7.97. The van der Waals surface area contributed by atoms with E-state index in [1.165, 1.54) is 19.3 Å². The van der Waals surface area contributed by atoms with Gasteiger partial charge in [-0.3, -0.25) is 19.9 Å². The van der Waals surface area contributed by atoms with Crippen LogP contribution in [0.3, 0.4) is 0 Å². The number of nitrogens with zero attached hydrogens (tertiary/aromatic N) is 6. The molecule has 4 heterocycles. The maximum Gasteiger partial charge on any atom is 0.357 e. The lowest BCUT2D eigenvalue weighted by atomic mass is 10.1. The van der Waals surface area contributed by atoms with Crippen LogP contribution in [0.15, 0.2) is 27.8 Å². The van der Waals surface area contributed by atoms with E-state index in [0.717, 1.165) is 0 Å². The van der Waals surface area contributed by atoms with Crippen LogP contribution >= 0.6 is 0 Å². The number of ether oxygens (including phenoxy) is 4. The lowest BCUT2D eigenvalue weighted by molar-refractivity contribution is -0.386. The van der Waals surface area contributed by atoms with Crippen molar-refractivity contribution in [1.82, 2.24) is 24.9 Å². The first-order valence-corrected chi connectivity index (χ1v) is 12.4. The van der Waals surface area contributed by atoms with Crippen LogP contribution in [0.2, 0.25) is 0 Å². The first-order chi connectivity index (χ1) is 19.4. The van der Waals surface area contributed by atoms with Gasteiger partial charge in [0.15, 0.2) is 11.5 Å². The fourth-order valence-corrected chi connectivity index (χ4v) is 4.14. The van der Waals surface area contributed by atoms with Crippen molar-refractivity contribution in [3.8, 4) is 17.5 Å². The molecule has 1 aromatic carbocycles. The van der Waals surface area contributed by atoms with E-state index in [1.54, 1.807) is 18.2 Å². The molecule has 2 N–H and O–H groups in total. The van der Waals surface area contributed by atoms with Crippen LogP contribution < -0.4 is 30.5 Å². The Labute approximate surface area is 226 Å². The molecule has 2 saturated heterocycles. The van der Waals surface area contributed by atoms with Crippen LogP contribution in [0.5, 0.6) is 17.5 Å². The molecule has 210 valence electrons. The predicted octanol–water partition coefficient (Wildman–Crippen LogP) is 0.801. The molecule has 0 saturated carbocycles. The number of hydrogen-bond acceptors (Lipinski definition) is 13. The zero-order valence-corrected chi connectivity index (χ0v) is 21.5. The Morgan fingerprint density at radius 3 is 2.12 bits per heavy atom. The molecule has 16 nitrogen and oxygen atoms in total. The SMILES string of the molecule is COc1cc(/C=C/c2[nH]c(=O)[nH]c(=O)c2[N+](=O)[O-])ccc1Oc1nc(N2CCOCC2)nc(N2CCOCC2)n1. The largest absolute Gasteiger partial charge is 0.493 e. The number of aromatic nitrogens is 5. The second-order valence-electron chi connectivity index (χ2n) is 8.69. The van der Waals surface area contributed by atoms with Crippen molar-refractivity contribution in [2.75, 3.05) is 69.5 Å². The van der Waals surface area contributed by atoms with Crippen molar-refractivity contribution < 1.29 is 23.9 Å². The average Bonchev–Trinajstić information content (AvgIpc) is 2.96. The Morgan fingerprint density at radius 1 is 0.925 bits per heavy atom. The lowest BCUT2D eigenvalue weighted by Gasteiger charge is -2.30. The first-order valence-electron chi connectivity index (χ1n) is 12.4. The molecule has 0 radical (unpaired) electrons. The van der Waals surface area contributed by atoms with Gasteiger partial charge in [0.2, 0.25) is 11.9 Å². The Balaban J connectivity index is 1.43. The average molecular weight is 555 g/mol. The van der Waals surface area contributed by atoms with Gasteiger partial charge in [0.05, 0.1) is 38.5 Å². The summed E-state index contributed by atoms with van der Waals surface area (Å²) in [6, 6.07) is 4.99. The van der Waals surface area contributed by atoms with Crippen LogP contribution in [0.1, 0.15) is 11.3 Å². The van der Waals surface area contributed by atoms with Crippen LogP contribution in [-0.4, -0.2) is 89.6 Å². The van der Waals surface area contributed by atoms with Gasteiger partial charge in [0.1, 0.15) is 5.69 Å². The summed E-state index contributed by atoms with van der Waals surface area (Å²) in [5.74, 6) is 1.60. The molecule has 5 rings (SSSR count). The van der Waals surface area contributed by atoms with Gasteiger partial charge in [-0.05, 0) is 23.8 Å². The third-order valence-corrected chi connectivity index (χ3v) is 6.14. The minimum Gasteiger partial charge on any atom is -0.493 e. The summed E-state index contributed by atoms with van der Waals surface area (Å²) < 4.78 is 22.5. The molecule has 0 atom stereocenters. The van der Waals surface area contributed by atoms with Gasteiger partial charge >= 0.3 is 22.9 Å². The molecule has 2 aromatic heterocycles. The molecule has 2 aliphatic rings. The van der Waals surface area contributed by atoms with Crippen molar-refractivity contribution in [1.29, 1.82) is 0 Å². The minimum atomic E-state index is -1.10. The topological polar surface area (TPSA) is 191 Å². The third kappa shape index (κ3) is 6.08. The number of rotatable bonds is 8. The summed E-state index contributed by atoms with van der Waals surface area (Å²) in [6.45, 7) is 4.77. The van der Waals surface area contributed by atoms with Gasteiger partial charge in [0.25, 0.3) is 0 Å². The number of methoxy groups -OCH3 is 1. The number of morpholine rings is 2. The van der Waals surface area contributed by atoms with Crippen LogP contribution in [0.4, 0.5) is 17.6 Å². The van der Waals surface area contributed by atoms with E-state index < -0.39 is 21.9 Å². The van der Waals surface area contributed by atoms with Gasteiger partial charge in [-0.25, -0.2) is 4.79 Å². The van der Waals surface area contributed by atoms with Crippen LogP contribution in [0.25, 0.3) is 12.2 Å². The monoisotopic (exact) mass is 554 g/mol. The summed E-state index contributed by atoms with van der Waals surface area (Å²) in [7, 11) is 1.46. The summed E-state index contributed by atoms with van der Waals surface area (Å²) >= 11 is 0. The molecular formula is C24H26N8O8. The maximum atomic E-state index is 11.9. The van der Waals surface area contributed by atoms with Crippen molar-refractivity contribution in [2.24, 2.45) is 0 Å². The standard InChI is InChI=1S/C24H26N8O8/c1-37-18-14-15(2-4-16-19(32(35)36)20(33)26-23(34)25-16)3-5-17(18)40-24-28-21(30-6-10-38-11-7-30)27-22(29-24)31-8-12-39-13-9-31/h2-5,14H,6-13H2,1H3,(H2,25,26,33,34)/b4-2+. The van der Waals surface area contributed by atoms with Gasteiger partial charge in [-0.1, -0.05) is 12.1 Å². The normalized spacial score (nSPS) is 15.8. The van der Waals surface area contributed by atoms with E-state index in [0.29, 0.717) is 81.6 Å². The quantitative estimate of drug-likeness (QED) is 0.294. The number of H-pyrrole nitrogens is 2. The Hall–Kier alpha value is -4.83. The second kappa shape index (κ2) is 11.9. The number of aromatic amines is 2. The summed E-state index contributed by atoms with van der Waals surface area (Å²) in [5.41, 5.74) is -2.42. The minimum absolute atomic E-state index is 0.0799. The molecule has 16 heteroatoms. The van der Waals surface area contributed by atoms with E-state index in [4.69, 9.17) is 18.9 Å². The van der Waals surface area contributed by atoms with Gasteiger partial charge in [0, 0.05) is 26.2 Å². The van der Waals surface area contributed by atoms with E-state index >= 15 is 0 Å². The number of nitro groups is 1. The number of nitrogens with one attached hydrogen (secondary N) is 2. The van der Waals surface area contributed by atoms with Gasteiger partial charge < -0.3 is 33.7 Å². The molecule has 0 bridgehead atoms. The van der Waals surface area contributed by atoms with E-state index in [2.05, 4.69) is 19.9 Å². The third-order valence-electron chi connectivity index (χ3n) is 6.14. The highest BCUT2D eigenvalue weighted by Crippen LogP contribution is 2.33. The van der Waals surface area contributed by atoms with E-state index in [-0.39, 0.29) is 11.7 Å². The number of anilines is 2. The summed E-state index contributed by atoms with van der Waals surface area (Å²) in [4.78, 5) is 55.8. The molecule has 2 aliphatic heterocycles. The van der Waals surface area contributed by atoms with Crippen LogP contribution in [0, 0.1) is 10.1 Å². The molecule has 40 heavy (non-hydrogen) atoms. The molecule has 2 fully saturated rings. The van der Waals surface area contributed by atoms with E-state index in [9.17, 15) is 19.7 Å². The molecule has 0 amide bonds. The molecule has 0 unspecified atom stereocenters. The number of benzene rings is 1. The lowest BCUT2D eigenvalue weighted by Crippen LogP contribution is -2.40. The smallest absolute Gasteiger partial charge is 0.357 e. The maximum absolute atomic E-state index is 11.9. The highest BCUT2D eigenvalue weighted by atomic mass is 16.6. The number of hydrogen-bond donors (Lipinski definition) is 2. The summed E-state index contributed by atoms with van der Waals surface area (Å²) in [5, 5.41) is 11.3.